The summed E-state index contributed by atoms with van der Waals surface area (Å²) in [5, 5.41) is 31.2. The summed E-state index contributed by atoms with van der Waals surface area (Å²) in [6, 6.07) is 0. The van der Waals surface area contributed by atoms with Crippen molar-refractivity contribution in [2.75, 3.05) is 6.54 Å². The number of unbranched alkanes of at least 4 members (excludes halogenated alkanes) is 4. The summed E-state index contributed by atoms with van der Waals surface area (Å²) in [5.41, 5.74) is -1.40. The molecule has 5 nitrogen and oxygen atoms in total. The van der Waals surface area contributed by atoms with Gasteiger partial charge in [0.1, 0.15) is 6.10 Å². The first-order chi connectivity index (χ1) is 10.4. The molecule has 3 atom stereocenters. The van der Waals surface area contributed by atoms with Gasteiger partial charge in [0.2, 0.25) is 6.43 Å². The number of carboxylic acid groups (broad SMARTS) is 1. The number of hydrogen-bond donors (Lipinski definition) is 4. The zero-order valence-electron chi connectivity index (χ0n) is 12.5. The van der Waals surface area contributed by atoms with Crippen molar-refractivity contribution in [1.82, 2.24) is 5.32 Å². The SMILES string of the molecule is O=C(O)C1(C(O)C(O)C/C=C/CCCCCCC(F)F)CN1. The molecule has 22 heavy (non-hydrogen) atoms. The molecular weight excluding hydrogens is 296 g/mol. The maximum Gasteiger partial charge on any atom is 0.328 e. The smallest absolute Gasteiger partial charge is 0.328 e. The minimum absolute atomic E-state index is 0.0424. The lowest BCUT2D eigenvalue weighted by atomic mass is 9.96. The number of nitrogens with one attached hydrogen (secondary N) is 1. The molecule has 1 heterocycles. The summed E-state index contributed by atoms with van der Waals surface area (Å²) < 4.78 is 23.8. The van der Waals surface area contributed by atoms with E-state index in [0.29, 0.717) is 6.42 Å². The third kappa shape index (κ3) is 5.98. The Hall–Kier alpha value is -1.05. The topological polar surface area (TPSA) is 99.7 Å². The number of rotatable bonds is 12. The molecule has 1 fully saturated rings. The highest BCUT2D eigenvalue weighted by molar-refractivity contribution is 5.83. The van der Waals surface area contributed by atoms with Crippen molar-refractivity contribution in [3.05, 3.63) is 12.2 Å². The normalized spacial score (nSPS) is 23.9. The first-order valence-corrected chi connectivity index (χ1v) is 7.68. The second-order valence-electron chi connectivity index (χ2n) is 5.73. The van der Waals surface area contributed by atoms with Crippen molar-refractivity contribution < 1.29 is 28.9 Å². The van der Waals surface area contributed by atoms with Crippen molar-refractivity contribution in [3.63, 3.8) is 0 Å². The molecule has 0 saturated carbocycles. The van der Waals surface area contributed by atoms with E-state index in [-0.39, 0.29) is 19.4 Å². The monoisotopic (exact) mass is 321 g/mol. The van der Waals surface area contributed by atoms with Crippen molar-refractivity contribution in [2.24, 2.45) is 0 Å². The van der Waals surface area contributed by atoms with Crippen LogP contribution in [0.15, 0.2) is 12.2 Å². The number of carboxylic acids is 1. The highest BCUT2D eigenvalue weighted by atomic mass is 19.3. The van der Waals surface area contributed by atoms with Gasteiger partial charge in [-0.3, -0.25) is 10.1 Å². The molecule has 0 aromatic carbocycles. The second kappa shape index (κ2) is 9.17. The molecule has 1 saturated heterocycles. The van der Waals surface area contributed by atoms with Crippen LogP contribution in [-0.4, -0.2) is 52.0 Å². The van der Waals surface area contributed by atoms with E-state index in [9.17, 15) is 23.8 Å². The molecule has 0 bridgehead atoms. The summed E-state index contributed by atoms with van der Waals surface area (Å²) in [7, 11) is 0. The predicted octanol–water partition coefficient (Wildman–Crippen LogP) is 1.69. The van der Waals surface area contributed by atoms with Crippen LogP contribution in [-0.2, 0) is 4.79 Å². The highest BCUT2D eigenvalue weighted by Gasteiger charge is 2.57. The number of allylic oxidation sites excluding steroid dienone is 1. The Balaban J connectivity index is 2.09. The van der Waals surface area contributed by atoms with Crippen LogP contribution in [0.25, 0.3) is 0 Å². The fourth-order valence-corrected chi connectivity index (χ4v) is 2.31. The lowest BCUT2D eigenvalue weighted by Gasteiger charge is -2.21. The molecule has 0 spiro atoms. The summed E-state index contributed by atoms with van der Waals surface area (Å²) in [4.78, 5) is 11.0. The highest BCUT2D eigenvalue weighted by Crippen LogP contribution is 2.25. The van der Waals surface area contributed by atoms with E-state index in [0.717, 1.165) is 25.7 Å². The lowest BCUT2D eigenvalue weighted by Crippen LogP contribution is -2.47. The van der Waals surface area contributed by atoms with Gasteiger partial charge in [-0.25, -0.2) is 8.78 Å². The number of aliphatic carboxylic acids is 1. The number of halogens is 2. The third-order valence-electron chi connectivity index (χ3n) is 3.90. The van der Waals surface area contributed by atoms with E-state index in [1.807, 2.05) is 6.08 Å². The second-order valence-corrected chi connectivity index (χ2v) is 5.73. The van der Waals surface area contributed by atoms with Crippen LogP contribution in [0.2, 0.25) is 0 Å². The largest absolute Gasteiger partial charge is 0.480 e. The summed E-state index contributed by atoms with van der Waals surface area (Å²) >= 11 is 0. The molecule has 0 amide bonds. The van der Waals surface area contributed by atoms with E-state index in [1.165, 1.54) is 0 Å². The Morgan fingerprint density at radius 3 is 2.36 bits per heavy atom. The summed E-state index contributed by atoms with van der Waals surface area (Å²) in [5.74, 6) is -1.16. The number of hydrogen-bond acceptors (Lipinski definition) is 4. The van der Waals surface area contributed by atoms with Gasteiger partial charge in [0.05, 0.1) is 6.10 Å². The van der Waals surface area contributed by atoms with Gasteiger partial charge in [0, 0.05) is 13.0 Å². The Morgan fingerprint density at radius 1 is 1.18 bits per heavy atom. The first-order valence-electron chi connectivity index (χ1n) is 7.68. The average Bonchev–Trinajstić information content (AvgIpc) is 3.25. The summed E-state index contributed by atoms with van der Waals surface area (Å²) in [6.07, 6.45) is 2.89. The van der Waals surface area contributed by atoms with E-state index in [1.54, 1.807) is 6.08 Å². The molecule has 0 aromatic rings. The molecule has 7 heteroatoms. The van der Waals surface area contributed by atoms with E-state index < -0.39 is 30.1 Å². The van der Waals surface area contributed by atoms with Crippen molar-refractivity contribution in [2.45, 2.75) is 69.1 Å². The van der Waals surface area contributed by atoms with Crippen LogP contribution in [0.4, 0.5) is 8.78 Å². The van der Waals surface area contributed by atoms with Crippen LogP contribution in [0, 0.1) is 0 Å². The molecular formula is C15H25F2NO4. The van der Waals surface area contributed by atoms with Gasteiger partial charge in [-0.2, -0.15) is 0 Å². The van der Waals surface area contributed by atoms with E-state index >= 15 is 0 Å². The van der Waals surface area contributed by atoms with Crippen LogP contribution in [0.3, 0.4) is 0 Å². The number of aliphatic hydroxyl groups excluding tert-OH is 2. The number of aliphatic hydroxyl groups is 2. The van der Waals surface area contributed by atoms with Gasteiger partial charge >= 0.3 is 5.97 Å². The molecule has 4 N–H and O–H groups in total. The van der Waals surface area contributed by atoms with Gasteiger partial charge in [-0.1, -0.05) is 25.0 Å². The minimum Gasteiger partial charge on any atom is -0.480 e. The van der Waals surface area contributed by atoms with Crippen molar-refractivity contribution in [1.29, 1.82) is 0 Å². The first kappa shape index (κ1) is 19.0. The zero-order chi connectivity index (χ0) is 16.6. The predicted molar refractivity (Wildman–Crippen MR) is 77.8 cm³/mol. The van der Waals surface area contributed by atoms with Crippen molar-refractivity contribution in [3.8, 4) is 0 Å². The molecule has 0 aromatic heterocycles. The van der Waals surface area contributed by atoms with Crippen LogP contribution < -0.4 is 5.32 Å². The Morgan fingerprint density at radius 2 is 1.82 bits per heavy atom. The Bertz CT molecular complexity index is 373. The van der Waals surface area contributed by atoms with Gasteiger partial charge in [0.15, 0.2) is 5.54 Å². The molecule has 1 rings (SSSR count). The van der Waals surface area contributed by atoms with E-state index in [4.69, 9.17) is 5.11 Å². The molecule has 0 aliphatic carbocycles. The minimum atomic E-state index is -2.22. The van der Waals surface area contributed by atoms with Crippen LogP contribution in [0.1, 0.15) is 44.9 Å². The maximum absolute atomic E-state index is 11.9. The molecule has 1 aliphatic heterocycles. The van der Waals surface area contributed by atoms with Crippen molar-refractivity contribution >= 4 is 5.97 Å². The Labute approximate surface area is 129 Å². The van der Waals surface area contributed by atoms with Gasteiger partial charge in [-0.05, 0) is 25.7 Å². The molecule has 1 aliphatic rings. The quantitative estimate of drug-likeness (QED) is 0.249. The van der Waals surface area contributed by atoms with Gasteiger partial charge < -0.3 is 15.3 Å². The molecule has 3 unspecified atom stereocenters. The molecule has 128 valence electrons. The van der Waals surface area contributed by atoms with Crippen LogP contribution in [0.5, 0.6) is 0 Å². The maximum atomic E-state index is 11.9. The fourth-order valence-electron chi connectivity index (χ4n) is 2.31. The third-order valence-corrected chi connectivity index (χ3v) is 3.90. The van der Waals surface area contributed by atoms with Crippen LogP contribution >= 0.6 is 0 Å². The Kier molecular flexibility index (Phi) is 7.92. The number of alkyl halides is 2. The molecule has 0 radical (unpaired) electrons. The summed E-state index contributed by atoms with van der Waals surface area (Å²) in [6.45, 7) is 0.156. The lowest BCUT2D eigenvalue weighted by molar-refractivity contribution is -0.145. The van der Waals surface area contributed by atoms with E-state index in [2.05, 4.69) is 5.32 Å². The van der Waals surface area contributed by atoms with Gasteiger partial charge in [-0.15, -0.1) is 0 Å². The number of carbonyl (C=O) groups is 1. The van der Waals surface area contributed by atoms with Gasteiger partial charge in [0.25, 0.3) is 0 Å². The average molecular weight is 321 g/mol. The standard InChI is InChI=1S/C15H25F2NO4/c16-12(17)9-7-5-3-1-2-4-6-8-11(19)13(20)15(10-18-15)14(21)22/h4,6,11-13,18-20H,1-3,5,7-10H2,(H,21,22)/b6-4+. The zero-order valence-corrected chi connectivity index (χ0v) is 12.5. The fraction of sp³-hybridized carbons (Fsp3) is 0.800.